The van der Waals surface area contributed by atoms with Gasteiger partial charge in [0.2, 0.25) is 0 Å². The number of nitrogens with two attached hydrogens (primary N) is 2. The highest BCUT2D eigenvalue weighted by Crippen LogP contribution is 1.93. The minimum absolute atomic E-state index is 0.151. The first-order valence-corrected chi connectivity index (χ1v) is 2.47. The molecule has 0 unspecified atom stereocenters. The minimum Gasteiger partial charge on any atom is -0.464 e. The van der Waals surface area contributed by atoms with Crippen LogP contribution in [0.1, 0.15) is 0 Å². The highest BCUT2D eigenvalue weighted by molar-refractivity contribution is 6.04. The Balaban J connectivity index is 4.64. The van der Waals surface area contributed by atoms with Crippen molar-refractivity contribution in [3.63, 3.8) is 0 Å². The second-order valence-electron chi connectivity index (χ2n) is 1.59. The van der Waals surface area contributed by atoms with Gasteiger partial charge in [-0.3, -0.25) is 0 Å². The number of hydrogen-bond donors (Lipinski definition) is 4. The summed E-state index contributed by atoms with van der Waals surface area (Å²) in [5, 5.41) is 16.1. The van der Waals surface area contributed by atoms with Crippen molar-refractivity contribution in [1.82, 2.24) is 10.0 Å². The van der Waals surface area contributed by atoms with Gasteiger partial charge in [-0.25, -0.2) is 26.1 Å². The molecule has 0 fully saturated rings. The second-order valence-corrected chi connectivity index (χ2v) is 1.59. The third-order valence-electron chi connectivity index (χ3n) is 0.795. The minimum atomic E-state index is -1.98. The Labute approximate surface area is 65.7 Å². The normalized spacial score (nSPS) is 8.83. The third kappa shape index (κ3) is 2.07. The number of hydrogen-bond acceptors (Lipinski definition) is 5. The highest BCUT2D eigenvalue weighted by Gasteiger charge is 2.30. The van der Waals surface area contributed by atoms with Crippen LogP contribution in [-0.2, 0) is 0 Å². The number of carbonyl (C=O) groups is 3. The second kappa shape index (κ2) is 3.50. The van der Waals surface area contributed by atoms with Gasteiger partial charge in [-0.1, -0.05) is 0 Å². The lowest BCUT2D eigenvalue weighted by atomic mass is 10.7. The fourth-order valence-corrected chi connectivity index (χ4v) is 0.361. The number of urea groups is 1. The molecule has 12 heavy (non-hydrogen) atoms. The first-order chi connectivity index (χ1) is 5.37. The Morgan fingerprint density at radius 2 is 1.33 bits per heavy atom. The summed E-state index contributed by atoms with van der Waals surface area (Å²) < 4.78 is 0. The summed E-state index contributed by atoms with van der Waals surface area (Å²) in [5.74, 6) is 9.21. The van der Waals surface area contributed by atoms with Gasteiger partial charge in [0.25, 0.3) is 0 Å². The summed E-state index contributed by atoms with van der Waals surface area (Å²) >= 11 is 0. The molecule has 0 aliphatic rings. The van der Waals surface area contributed by atoms with E-state index in [0.717, 1.165) is 0 Å². The molecule has 0 heterocycles. The van der Waals surface area contributed by atoms with Crippen LogP contribution in [0.3, 0.4) is 0 Å². The van der Waals surface area contributed by atoms with Crippen molar-refractivity contribution in [3.05, 3.63) is 0 Å². The first-order valence-electron chi connectivity index (χ1n) is 2.47. The van der Waals surface area contributed by atoms with Crippen molar-refractivity contribution in [3.8, 4) is 0 Å². The first kappa shape index (κ1) is 10.1. The summed E-state index contributed by atoms with van der Waals surface area (Å²) in [6.07, 6.45) is -3.96. The molecule has 0 saturated heterocycles. The van der Waals surface area contributed by atoms with Crippen LogP contribution >= 0.6 is 0 Å². The molecule has 0 aliphatic heterocycles. The Morgan fingerprint density at radius 3 is 1.42 bits per heavy atom. The maximum Gasteiger partial charge on any atom is 0.425 e. The fourth-order valence-electron chi connectivity index (χ4n) is 0.361. The van der Waals surface area contributed by atoms with Crippen LogP contribution < -0.4 is 11.7 Å². The molecule has 0 aromatic carbocycles. The van der Waals surface area contributed by atoms with E-state index in [-0.39, 0.29) is 5.12 Å². The van der Waals surface area contributed by atoms with Gasteiger partial charge < -0.3 is 10.2 Å². The van der Waals surface area contributed by atoms with Crippen LogP contribution in [0.2, 0.25) is 0 Å². The Morgan fingerprint density at radius 1 is 1.00 bits per heavy atom. The average molecular weight is 178 g/mol. The molecule has 6 N–H and O–H groups in total. The van der Waals surface area contributed by atoms with Crippen LogP contribution in [0.4, 0.5) is 14.4 Å². The molecule has 9 nitrogen and oxygen atoms in total. The smallest absolute Gasteiger partial charge is 0.425 e. The summed E-state index contributed by atoms with van der Waals surface area (Å²) in [7, 11) is 0. The molecule has 9 heteroatoms. The predicted molar refractivity (Wildman–Crippen MR) is 33.5 cm³/mol. The standard InChI is InChI=1S/C3H6N4O5/c4-7(5)1(8)6(2(9)10)3(11)12/h4-5H2,(H,9,10)(H,11,12). The van der Waals surface area contributed by atoms with Crippen LogP contribution in [0.5, 0.6) is 0 Å². The number of carboxylic acid groups (broad SMARTS) is 2. The molecular weight excluding hydrogens is 172 g/mol. The molecule has 0 aromatic heterocycles. The Kier molecular flexibility index (Phi) is 2.95. The van der Waals surface area contributed by atoms with Crippen molar-refractivity contribution < 1.29 is 24.6 Å². The largest absolute Gasteiger partial charge is 0.464 e. The van der Waals surface area contributed by atoms with Gasteiger partial charge in [0.05, 0.1) is 0 Å². The molecule has 0 saturated carbocycles. The summed E-state index contributed by atoms with van der Waals surface area (Å²) in [6.45, 7) is 0. The molecule has 4 amide bonds. The van der Waals surface area contributed by atoms with Gasteiger partial charge >= 0.3 is 18.2 Å². The quantitative estimate of drug-likeness (QED) is 0.207. The summed E-state index contributed by atoms with van der Waals surface area (Å²) in [4.78, 5) is 30.2. The van der Waals surface area contributed by atoms with Gasteiger partial charge in [-0.2, -0.15) is 5.12 Å². The molecule has 0 atom stereocenters. The van der Waals surface area contributed by atoms with Crippen LogP contribution in [-0.4, -0.2) is 38.4 Å². The zero-order valence-corrected chi connectivity index (χ0v) is 5.67. The zero-order valence-electron chi connectivity index (χ0n) is 5.67. The maximum atomic E-state index is 10.6. The van der Waals surface area contributed by atoms with Crippen molar-refractivity contribution in [2.45, 2.75) is 0 Å². The van der Waals surface area contributed by atoms with E-state index in [0.29, 0.717) is 0 Å². The van der Waals surface area contributed by atoms with Crippen LogP contribution in [0.15, 0.2) is 0 Å². The molecule has 0 bridgehead atoms. The van der Waals surface area contributed by atoms with Crippen LogP contribution in [0, 0.1) is 0 Å². The Hall–Kier alpha value is -1.87. The molecule has 68 valence electrons. The zero-order chi connectivity index (χ0) is 9.89. The Bertz CT molecular complexity index is 211. The van der Waals surface area contributed by atoms with E-state index in [9.17, 15) is 14.4 Å². The van der Waals surface area contributed by atoms with E-state index < -0.39 is 23.1 Å². The van der Waals surface area contributed by atoms with Gasteiger partial charge in [0, 0.05) is 0 Å². The monoisotopic (exact) mass is 178 g/mol. The van der Waals surface area contributed by atoms with E-state index in [2.05, 4.69) is 11.7 Å². The van der Waals surface area contributed by atoms with Gasteiger partial charge in [0.1, 0.15) is 0 Å². The van der Waals surface area contributed by atoms with E-state index >= 15 is 0 Å². The number of hydrazine groups is 2. The third-order valence-corrected chi connectivity index (χ3v) is 0.795. The molecule has 0 spiro atoms. The number of imide groups is 3. The summed E-state index contributed by atoms with van der Waals surface area (Å²) in [5.41, 5.74) is 0. The molecular formula is C3H6N4O5. The van der Waals surface area contributed by atoms with Gasteiger partial charge in [-0.15, -0.1) is 4.90 Å². The lowest BCUT2D eigenvalue weighted by molar-refractivity contribution is 0.114. The summed E-state index contributed by atoms with van der Waals surface area (Å²) in [6, 6.07) is -1.56. The van der Waals surface area contributed by atoms with Crippen molar-refractivity contribution in [2.75, 3.05) is 0 Å². The molecule has 0 radical (unpaired) electrons. The van der Waals surface area contributed by atoms with E-state index in [1.54, 1.807) is 0 Å². The molecule has 0 aromatic rings. The number of rotatable bonds is 0. The van der Waals surface area contributed by atoms with Gasteiger partial charge in [0.15, 0.2) is 0 Å². The molecule has 0 rings (SSSR count). The number of amides is 4. The number of nitrogens with zero attached hydrogens (tertiary/aromatic N) is 2. The van der Waals surface area contributed by atoms with Gasteiger partial charge in [-0.05, 0) is 0 Å². The molecule has 0 aliphatic carbocycles. The van der Waals surface area contributed by atoms with Crippen molar-refractivity contribution in [1.29, 1.82) is 0 Å². The predicted octanol–water partition coefficient (Wildman–Crippen LogP) is -1.19. The number of carbonyl (C=O) groups excluding carboxylic acids is 1. The van der Waals surface area contributed by atoms with E-state index in [4.69, 9.17) is 10.2 Å². The average Bonchev–Trinajstić information content (AvgIpc) is 1.85. The van der Waals surface area contributed by atoms with Crippen LogP contribution in [0.25, 0.3) is 0 Å². The lowest BCUT2D eigenvalue weighted by Crippen LogP contribution is -2.54. The van der Waals surface area contributed by atoms with Crippen molar-refractivity contribution >= 4 is 18.2 Å². The highest BCUT2D eigenvalue weighted by atomic mass is 16.4. The maximum absolute atomic E-state index is 10.6. The fraction of sp³-hybridized carbons (Fsp3) is 0. The SMILES string of the molecule is NN(N)C(=O)N(C(=O)O)C(=O)O. The topological polar surface area (TPSA) is 150 Å². The lowest BCUT2D eigenvalue weighted by Gasteiger charge is -2.15. The van der Waals surface area contributed by atoms with Crippen molar-refractivity contribution in [2.24, 2.45) is 11.7 Å². The van der Waals surface area contributed by atoms with E-state index in [1.165, 1.54) is 0 Å². The van der Waals surface area contributed by atoms with E-state index in [1.807, 2.05) is 0 Å².